The molecule has 0 aromatic heterocycles. The Hall–Kier alpha value is -1.02. The molecule has 0 radical (unpaired) electrons. The average molecular weight is 325 g/mol. The molecule has 23 heavy (non-hydrogen) atoms. The quantitative estimate of drug-likeness (QED) is 0.424. The molecular weight excluding hydrogens is 280 g/mol. The number of nitriles is 2. The Kier molecular flexibility index (Phi) is 48.6. The largest absolute Gasteiger partial charge is 0.198 e. The highest BCUT2D eigenvalue weighted by Gasteiger charge is 1.95. The lowest BCUT2D eigenvalue weighted by Crippen LogP contribution is -1.90. The molecular formula is C21H44N2. The van der Waals surface area contributed by atoms with Gasteiger partial charge in [0.05, 0.1) is 12.1 Å². The van der Waals surface area contributed by atoms with Crippen LogP contribution in [0.3, 0.4) is 0 Å². The minimum Gasteiger partial charge on any atom is -0.198 e. The Labute approximate surface area is 148 Å². The zero-order valence-corrected chi connectivity index (χ0v) is 17.2. The normalized spacial score (nSPS) is 9.43. The van der Waals surface area contributed by atoms with Crippen molar-refractivity contribution in [3.05, 3.63) is 0 Å². The van der Waals surface area contributed by atoms with Crippen LogP contribution in [0.25, 0.3) is 0 Å². The van der Waals surface area contributed by atoms with E-state index in [1.807, 2.05) is 26.0 Å². The lowest BCUT2D eigenvalue weighted by Gasteiger charge is -2.05. The lowest BCUT2D eigenvalue weighted by atomic mass is 10.0. The predicted octanol–water partition coefficient (Wildman–Crippen LogP) is 8.04. The van der Waals surface area contributed by atoms with Crippen LogP contribution in [-0.4, -0.2) is 0 Å². The molecule has 0 N–H and O–H groups in total. The third kappa shape index (κ3) is 62.7. The van der Waals surface area contributed by atoms with Crippen molar-refractivity contribution < 1.29 is 0 Å². The predicted molar refractivity (Wildman–Crippen MR) is 105 cm³/mol. The molecule has 1 unspecified atom stereocenters. The summed E-state index contributed by atoms with van der Waals surface area (Å²) in [5, 5.41) is 15.6. The van der Waals surface area contributed by atoms with E-state index in [0.29, 0.717) is 12.8 Å². The molecule has 0 aromatic rings. The monoisotopic (exact) mass is 324 g/mol. The summed E-state index contributed by atoms with van der Waals surface area (Å²) in [6.07, 6.45) is 13.0. The zero-order valence-electron chi connectivity index (χ0n) is 17.2. The highest BCUT2D eigenvalue weighted by Crippen LogP contribution is 2.11. The Bertz CT molecular complexity index is 217. The molecule has 2 heteroatoms. The molecule has 0 rings (SSSR count). The number of nitrogens with zero attached hydrogens (tertiary/aromatic N) is 2. The van der Waals surface area contributed by atoms with Crippen molar-refractivity contribution in [2.24, 2.45) is 5.92 Å². The zero-order chi connectivity index (χ0) is 18.8. The van der Waals surface area contributed by atoms with E-state index in [1.165, 1.54) is 44.9 Å². The third-order valence-corrected chi connectivity index (χ3v) is 3.22. The first-order valence-corrected chi connectivity index (χ1v) is 9.79. The van der Waals surface area contributed by atoms with E-state index in [2.05, 4.69) is 34.6 Å². The minimum absolute atomic E-state index is 0.694. The van der Waals surface area contributed by atoms with E-state index in [9.17, 15) is 0 Å². The Morgan fingerprint density at radius 1 is 0.652 bits per heavy atom. The van der Waals surface area contributed by atoms with Gasteiger partial charge in [0.1, 0.15) is 0 Å². The second kappa shape index (κ2) is 37.3. The van der Waals surface area contributed by atoms with E-state index in [-0.39, 0.29) is 0 Å². The van der Waals surface area contributed by atoms with Gasteiger partial charge in [0.2, 0.25) is 0 Å². The number of hydrogen-bond acceptors (Lipinski definition) is 2. The van der Waals surface area contributed by atoms with E-state index >= 15 is 0 Å². The van der Waals surface area contributed by atoms with Crippen molar-refractivity contribution in [3.63, 3.8) is 0 Å². The standard InChI is InChI=1S/C9H20.2C4H7N.C4H10/c1-4-6-7-8-9(3)5-2;2*1-2-3-4-5;1-3-4-2/h9H,4-8H2,1-3H3;2*2-3H2,1H3;3-4H2,1-2H3. The molecule has 0 saturated heterocycles. The summed E-state index contributed by atoms with van der Waals surface area (Å²) in [6.45, 7) is 15.2. The Morgan fingerprint density at radius 3 is 1.26 bits per heavy atom. The van der Waals surface area contributed by atoms with Gasteiger partial charge in [-0.15, -0.1) is 0 Å². The van der Waals surface area contributed by atoms with Crippen LogP contribution in [-0.2, 0) is 0 Å². The van der Waals surface area contributed by atoms with Crippen molar-refractivity contribution in [1.29, 1.82) is 10.5 Å². The van der Waals surface area contributed by atoms with Gasteiger partial charge < -0.3 is 0 Å². The highest BCUT2D eigenvalue weighted by molar-refractivity contribution is 4.65. The van der Waals surface area contributed by atoms with Crippen LogP contribution in [0.15, 0.2) is 0 Å². The molecule has 0 aliphatic heterocycles. The van der Waals surface area contributed by atoms with Crippen LogP contribution in [0, 0.1) is 28.6 Å². The maximum atomic E-state index is 7.82. The first-order chi connectivity index (χ1) is 11.1. The molecule has 0 amide bonds. The topological polar surface area (TPSA) is 47.6 Å². The molecule has 0 bridgehead atoms. The second-order valence-electron chi connectivity index (χ2n) is 5.83. The average Bonchev–Trinajstić information content (AvgIpc) is 2.58. The maximum absolute atomic E-state index is 7.82. The fraction of sp³-hybridized carbons (Fsp3) is 0.905. The van der Waals surface area contributed by atoms with Crippen LogP contribution in [0.5, 0.6) is 0 Å². The van der Waals surface area contributed by atoms with Crippen molar-refractivity contribution in [2.45, 2.75) is 119 Å². The molecule has 1 atom stereocenters. The first-order valence-electron chi connectivity index (χ1n) is 9.79. The highest BCUT2D eigenvalue weighted by atomic mass is 14.2. The van der Waals surface area contributed by atoms with Crippen LogP contribution in [0.2, 0.25) is 0 Å². The smallest absolute Gasteiger partial charge is 0.0621 e. The van der Waals surface area contributed by atoms with Crippen LogP contribution in [0.1, 0.15) is 119 Å². The summed E-state index contributed by atoms with van der Waals surface area (Å²) in [5.74, 6) is 0.955. The minimum atomic E-state index is 0.694. The fourth-order valence-electron chi connectivity index (χ4n) is 1.17. The molecule has 2 nitrogen and oxygen atoms in total. The van der Waals surface area contributed by atoms with Gasteiger partial charge >= 0.3 is 0 Å². The van der Waals surface area contributed by atoms with E-state index < -0.39 is 0 Å². The SMILES string of the molecule is CCCC.CCCC#N.CCCC#N.CCCCCC(C)CC. The molecule has 0 aromatic carbocycles. The van der Waals surface area contributed by atoms with Gasteiger partial charge in [0, 0.05) is 12.8 Å². The first kappa shape index (κ1) is 29.9. The number of hydrogen-bond donors (Lipinski definition) is 0. The Morgan fingerprint density at radius 2 is 1.09 bits per heavy atom. The molecule has 0 heterocycles. The van der Waals surface area contributed by atoms with Gasteiger partial charge in [-0.1, -0.05) is 93.4 Å². The summed E-state index contributed by atoms with van der Waals surface area (Å²) < 4.78 is 0. The molecule has 0 fully saturated rings. The summed E-state index contributed by atoms with van der Waals surface area (Å²) in [7, 11) is 0. The molecule has 0 saturated carbocycles. The lowest BCUT2D eigenvalue weighted by molar-refractivity contribution is 0.482. The van der Waals surface area contributed by atoms with Gasteiger partial charge in [-0.25, -0.2) is 0 Å². The molecule has 138 valence electrons. The molecule has 0 aliphatic carbocycles. The van der Waals surface area contributed by atoms with Crippen molar-refractivity contribution in [1.82, 2.24) is 0 Å². The van der Waals surface area contributed by atoms with E-state index in [1.54, 1.807) is 0 Å². The summed E-state index contributed by atoms with van der Waals surface area (Å²) in [5.41, 5.74) is 0. The fourth-order valence-corrected chi connectivity index (χ4v) is 1.17. The van der Waals surface area contributed by atoms with Crippen LogP contribution >= 0.6 is 0 Å². The van der Waals surface area contributed by atoms with Gasteiger partial charge in [-0.2, -0.15) is 10.5 Å². The number of rotatable bonds is 8. The van der Waals surface area contributed by atoms with Crippen molar-refractivity contribution in [3.8, 4) is 12.1 Å². The number of unbranched alkanes of at least 4 members (excludes halogenated alkanes) is 5. The summed E-state index contributed by atoms with van der Waals surface area (Å²) >= 11 is 0. The van der Waals surface area contributed by atoms with Crippen LogP contribution in [0.4, 0.5) is 0 Å². The van der Waals surface area contributed by atoms with Crippen LogP contribution < -0.4 is 0 Å². The van der Waals surface area contributed by atoms with E-state index in [0.717, 1.165) is 18.8 Å². The summed E-state index contributed by atoms with van der Waals surface area (Å²) in [4.78, 5) is 0. The second-order valence-corrected chi connectivity index (χ2v) is 5.83. The molecule has 0 spiro atoms. The van der Waals surface area contributed by atoms with Crippen molar-refractivity contribution in [2.75, 3.05) is 0 Å². The van der Waals surface area contributed by atoms with Gasteiger partial charge in [0.25, 0.3) is 0 Å². The Balaban J connectivity index is -0.000000112. The van der Waals surface area contributed by atoms with Gasteiger partial charge in [-0.3, -0.25) is 0 Å². The van der Waals surface area contributed by atoms with Gasteiger partial charge in [-0.05, 0) is 18.8 Å². The third-order valence-electron chi connectivity index (χ3n) is 3.22. The maximum Gasteiger partial charge on any atom is 0.0621 e. The molecule has 0 aliphatic rings. The van der Waals surface area contributed by atoms with E-state index in [4.69, 9.17) is 10.5 Å². The van der Waals surface area contributed by atoms with Gasteiger partial charge in [0.15, 0.2) is 0 Å². The van der Waals surface area contributed by atoms with Crippen molar-refractivity contribution >= 4 is 0 Å². The summed E-state index contributed by atoms with van der Waals surface area (Å²) in [6, 6.07) is 4.03.